The number of rotatable bonds is 8. The van der Waals surface area contributed by atoms with Crippen LogP contribution in [0.2, 0.25) is 0 Å². The summed E-state index contributed by atoms with van der Waals surface area (Å²) >= 11 is 0. The van der Waals surface area contributed by atoms with Gasteiger partial charge in [-0.25, -0.2) is 4.98 Å². The molecule has 5 heteroatoms. The fourth-order valence-corrected chi connectivity index (χ4v) is 4.50. The molecule has 0 N–H and O–H groups in total. The van der Waals surface area contributed by atoms with E-state index >= 15 is 0 Å². The van der Waals surface area contributed by atoms with Crippen LogP contribution in [0.4, 0.5) is 5.69 Å². The molecule has 0 atom stereocenters. The molecule has 2 aliphatic rings. The van der Waals surface area contributed by atoms with Crippen LogP contribution < -0.4 is 4.90 Å². The van der Waals surface area contributed by atoms with Gasteiger partial charge in [-0.05, 0) is 75.2 Å². The quantitative estimate of drug-likeness (QED) is 0.628. The molecule has 0 saturated carbocycles. The normalized spacial score (nSPS) is 18.6. The monoisotopic (exact) mass is 381 g/mol. The summed E-state index contributed by atoms with van der Waals surface area (Å²) in [4.78, 5) is 20.9. The first-order valence-corrected chi connectivity index (χ1v) is 10.8. The van der Waals surface area contributed by atoms with Gasteiger partial charge in [-0.2, -0.15) is 0 Å². The number of aromatic nitrogens is 1. The number of carbonyl (C=O) groups excluding carboxylic acids is 1. The van der Waals surface area contributed by atoms with Gasteiger partial charge in [-0.3, -0.25) is 9.69 Å². The van der Waals surface area contributed by atoms with Crippen molar-refractivity contribution in [3.8, 4) is 0 Å². The number of nitrogens with zero attached hydrogens (tertiary/aromatic N) is 3. The van der Waals surface area contributed by atoms with Gasteiger partial charge in [0.2, 0.25) is 5.78 Å². The Hall–Kier alpha value is -2.14. The Kier molecular flexibility index (Phi) is 6.42. The van der Waals surface area contributed by atoms with Crippen molar-refractivity contribution in [2.24, 2.45) is 5.92 Å². The van der Waals surface area contributed by atoms with E-state index in [0.717, 1.165) is 38.4 Å². The van der Waals surface area contributed by atoms with Gasteiger partial charge in [0, 0.05) is 31.7 Å². The van der Waals surface area contributed by atoms with Crippen LogP contribution in [-0.2, 0) is 6.54 Å². The molecule has 1 aromatic carbocycles. The molecular formula is C23H31N3O2. The summed E-state index contributed by atoms with van der Waals surface area (Å²) in [5.74, 6) is 1.02. The minimum atomic E-state index is 0.0276. The molecule has 0 spiro atoms. The van der Waals surface area contributed by atoms with E-state index < -0.39 is 0 Å². The van der Waals surface area contributed by atoms with Gasteiger partial charge in [-0.15, -0.1) is 0 Å². The Morgan fingerprint density at radius 2 is 1.82 bits per heavy atom. The zero-order chi connectivity index (χ0) is 19.2. The molecule has 0 amide bonds. The van der Waals surface area contributed by atoms with Crippen molar-refractivity contribution in [1.82, 2.24) is 9.88 Å². The minimum Gasteiger partial charge on any atom is -0.442 e. The topological polar surface area (TPSA) is 49.6 Å². The highest BCUT2D eigenvalue weighted by atomic mass is 16.3. The summed E-state index contributed by atoms with van der Waals surface area (Å²) in [5.41, 5.74) is 2.79. The molecule has 0 bridgehead atoms. The zero-order valence-corrected chi connectivity index (χ0v) is 16.7. The number of anilines is 1. The molecule has 3 heterocycles. The van der Waals surface area contributed by atoms with Gasteiger partial charge in [0.15, 0.2) is 0 Å². The van der Waals surface area contributed by atoms with Crippen LogP contribution in [0.1, 0.15) is 61.2 Å². The maximum Gasteiger partial charge on any atom is 0.263 e. The van der Waals surface area contributed by atoms with Crippen molar-refractivity contribution in [2.75, 3.05) is 31.1 Å². The zero-order valence-electron chi connectivity index (χ0n) is 16.7. The molecule has 0 aliphatic carbocycles. The maximum absolute atomic E-state index is 11.9. The first-order chi connectivity index (χ1) is 13.8. The first-order valence-electron chi connectivity index (χ1n) is 10.8. The fraction of sp³-hybridized carbons (Fsp3) is 0.565. The van der Waals surface area contributed by atoms with E-state index in [9.17, 15) is 4.79 Å². The number of hydrogen-bond donors (Lipinski definition) is 0. The molecule has 2 fully saturated rings. The molecular weight excluding hydrogens is 350 g/mol. The smallest absolute Gasteiger partial charge is 0.263 e. The van der Waals surface area contributed by atoms with Crippen molar-refractivity contribution < 1.29 is 9.21 Å². The second-order valence-corrected chi connectivity index (χ2v) is 8.23. The fourth-order valence-electron chi connectivity index (χ4n) is 4.50. The van der Waals surface area contributed by atoms with E-state index in [0.29, 0.717) is 6.42 Å². The number of benzene rings is 1. The predicted molar refractivity (Wildman–Crippen MR) is 111 cm³/mol. The Bertz CT molecular complexity index is 728. The largest absolute Gasteiger partial charge is 0.442 e. The van der Waals surface area contributed by atoms with Gasteiger partial charge in [0.25, 0.3) is 5.89 Å². The summed E-state index contributed by atoms with van der Waals surface area (Å²) in [7, 11) is 0. The predicted octanol–water partition coefficient (Wildman–Crippen LogP) is 4.54. The third kappa shape index (κ3) is 5.02. The summed E-state index contributed by atoms with van der Waals surface area (Å²) in [6.45, 7) is 5.78. The molecule has 5 nitrogen and oxygen atoms in total. The average Bonchev–Trinajstić information content (AvgIpc) is 3.44. The van der Waals surface area contributed by atoms with Crippen LogP contribution in [0.3, 0.4) is 0 Å². The summed E-state index contributed by atoms with van der Waals surface area (Å²) < 4.78 is 5.07. The number of hydrogen-bond acceptors (Lipinski definition) is 5. The van der Waals surface area contributed by atoms with Crippen molar-refractivity contribution >= 4 is 11.5 Å². The van der Waals surface area contributed by atoms with Crippen molar-refractivity contribution in [3.05, 3.63) is 48.2 Å². The average molecular weight is 382 g/mol. The molecule has 150 valence electrons. The number of likely N-dealkylation sites (tertiary alicyclic amines) is 1. The lowest BCUT2D eigenvalue weighted by molar-refractivity contribution is 0.0940. The molecule has 2 aromatic rings. The summed E-state index contributed by atoms with van der Waals surface area (Å²) in [5, 5.41) is 0. The molecule has 2 aliphatic heterocycles. The Morgan fingerprint density at radius 1 is 1.07 bits per heavy atom. The summed E-state index contributed by atoms with van der Waals surface area (Å²) in [6.07, 6.45) is 10.7. The van der Waals surface area contributed by atoms with Crippen LogP contribution in [0.5, 0.6) is 0 Å². The van der Waals surface area contributed by atoms with Crippen LogP contribution in [-0.4, -0.2) is 41.8 Å². The Labute approximate surface area is 167 Å². The molecule has 0 unspecified atom stereocenters. The molecule has 1 aromatic heterocycles. The lowest BCUT2D eigenvalue weighted by atomic mass is 9.91. The van der Waals surface area contributed by atoms with Gasteiger partial charge in [0.1, 0.15) is 6.26 Å². The molecule has 2 saturated heterocycles. The van der Waals surface area contributed by atoms with E-state index in [4.69, 9.17) is 4.42 Å². The second kappa shape index (κ2) is 9.37. The Morgan fingerprint density at radius 3 is 2.50 bits per heavy atom. The van der Waals surface area contributed by atoms with E-state index in [-0.39, 0.29) is 11.7 Å². The number of carbonyl (C=O) groups is 1. The number of piperidine rings is 1. The first kappa shape index (κ1) is 19.2. The van der Waals surface area contributed by atoms with Gasteiger partial charge >= 0.3 is 0 Å². The number of oxazole rings is 1. The van der Waals surface area contributed by atoms with Gasteiger partial charge in [-0.1, -0.05) is 12.1 Å². The van der Waals surface area contributed by atoms with Crippen LogP contribution in [0, 0.1) is 5.92 Å². The highest BCUT2D eigenvalue weighted by Crippen LogP contribution is 2.25. The molecule has 0 radical (unpaired) electrons. The van der Waals surface area contributed by atoms with Crippen molar-refractivity contribution in [2.45, 2.75) is 51.5 Å². The van der Waals surface area contributed by atoms with Crippen molar-refractivity contribution in [3.63, 3.8) is 0 Å². The van der Waals surface area contributed by atoms with E-state index in [2.05, 4.69) is 39.0 Å². The molecule has 28 heavy (non-hydrogen) atoms. The third-order valence-electron chi connectivity index (χ3n) is 6.21. The number of Topliss-reactive ketones (excluding diaryl/α,β-unsaturated/α-hetero) is 1. The van der Waals surface area contributed by atoms with Crippen molar-refractivity contribution in [1.29, 1.82) is 0 Å². The van der Waals surface area contributed by atoms with Crippen LogP contribution >= 0.6 is 0 Å². The lowest BCUT2D eigenvalue weighted by Crippen LogP contribution is -2.33. The SMILES string of the molecule is O=C(CCCC1CCN(Cc2ccc(N3CCCC3)cc2)CC1)c1ncco1. The maximum atomic E-state index is 11.9. The van der Waals surface area contributed by atoms with Crippen LogP contribution in [0.25, 0.3) is 0 Å². The van der Waals surface area contributed by atoms with E-state index in [1.165, 1.54) is 62.5 Å². The third-order valence-corrected chi connectivity index (χ3v) is 6.21. The summed E-state index contributed by atoms with van der Waals surface area (Å²) in [6, 6.07) is 9.18. The second-order valence-electron chi connectivity index (χ2n) is 8.23. The Balaban J connectivity index is 1.15. The number of ketones is 1. The van der Waals surface area contributed by atoms with E-state index in [1.54, 1.807) is 0 Å². The van der Waals surface area contributed by atoms with Gasteiger partial charge < -0.3 is 9.32 Å². The highest BCUT2D eigenvalue weighted by Gasteiger charge is 2.20. The molecule has 4 rings (SSSR count). The minimum absolute atomic E-state index is 0.0276. The van der Waals surface area contributed by atoms with E-state index in [1.807, 2.05) is 0 Å². The highest BCUT2D eigenvalue weighted by molar-refractivity contribution is 5.91. The van der Waals surface area contributed by atoms with Gasteiger partial charge in [0.05, 0.1) is 6.20 Å². The van der Waals surface area contributed by atoms with Crippen LogP contribution in [0.15, 0.2) is 41.1 Å². The lowest BCUT2D eigenvalue weighted by Gasteiger charge is -2.32. The standard InChI is InChI=1S/C23H31N3O2/c27-22(23-24-12-17-28-23)5-3-4-19-10-15-25(16-11-19)18-20-6-8-21(9-7-20)26-13-1-2-14-26/h6-9,12,17,19H,1-5,10-11,13-16,18H2.